The van der Waals surface area contributed by atoms with Crippen molar-refractivity contribution >= 4 is 12.3 Å². The zero-order valence-electron chi connectivity index (χ0n) is 22.9. The Balaban J connectivity index is 0.000000580. The first-order chi connectivity index (χ1) is 18.8. The number of fused-ring (bicyclic) bond motifs is 3. The van der Waals surface area contributed by atoms with E-state index in [0.717, 1.165) is 30.6 Å². The molecule has 0 saturated heterocycles. The molecule has 10 heteroatoms. The highest BCUT2D eigenvalue weighted by Crippen LogP contribution is 2.52. The number of benzene rings is 1. The Hall–Kier alpha value is -3.42. The average Bonchev–Trinajstić information content (AvgIpc) is 3.49. The molecule has 214 valence electrons. The number of aliphatic hydroxyl groups excluding tert-OH is 1. The van der Waals surface area contributed by atoms with Gasteiger partial charge in [0.15, 0.2) is 6.79 Å². The maximum atomic E-state index is 11.7. The van der Waals surface area contributed by atoms with Crippen molar-refractivity contribution < 1.29 is 38.8 Å². The number of methoxy groups -OCH3 is 1. The number of ether oxygens (including phenoxy) is 3. The largest absolute Gasteiger partial charge is 0.489 e. The molecule has 3 rings (SSSR count). The first-order valence-electron chi connectivity index (χ1n) is 13.2. The predicted molar refractivity (Wildman–Crippen MR) is 143 cm³/mol. The number of nitrogens with zero attached hydrogens (tertiary/aromatic N) is 1. The number of para-hydroxylation sites is 1. The van der Waals surface area contributed by atoms with Gasteiger partial charge in [-0.25, -0.2) is 0 Å². The number of carbonyl (C=O) groups excluding carboxylic acids is 2. The van der Waals surface area contributed by atoms with E-state index in [1.54, 1.807) is 0 Å². The molecule has 5 atom stereocenters. The summed E-state index contributed by atoms with van der Waals surface area (Å²) < 4.78 is 16.1. The summed E-state index contributed by atoms with van der Waals surface area (Å²) in [4.78, 5) is 34.3. The van der Waals surface area contributed by atoms with Crippen LogP contribution in [-0.4, -0.2) is 55.2 Å². The van der Waals surface area contributed by atoms with Crippen molar-refractivity contribution in [2.75, 3.05) is 20.5 Å². The van der Waals surface area contributed by atoms with Crippen molar-refractivity contribution in [2.45, 2.75) is 76.9 Å². The first kappa shape index (κ1) is 31.8. The molecule has 1 N–H and O–H groups in total. The van der Waals surface area contributed by atoms with E-state index in [0.29, 0.717) is 37.4 Å². The van der Waals surface area contributed by atoms with Crippen LogP contribution in [-0.2, 0) is 30.3 Å². The van der Waals surface area contributed by atoms with Crippen LogP contribution in [0, 0.1) is 33.8 Å². The van der Waals surface area contributed by atoms with E-state index in [9.17, 15) is 24.8 Å². The number of rotatable bonds is 14. The lowest BCUT2D eigenvalue weighted by molar-refractivity contribution is -0.757. The second-order valence-corrected chi connectivity index (χ2v) is 9.53. The summed E-state index contributed by atoms with van der Waals surface area (Å²) in [6.07, 6.45) is 9.11. The Morgan fingerprint density at radius 2 is 2.15 bits per heavy atom. The number of aryl methyl sites for hydroxylation is 1. The molecule has 1 saturated carbocycles. The van der Waals surface area contributed by atoms with Crippen LogP contribution in [0.2, 0.25) is 0 Å². The minimum Gasteiger partial charge on any atom is -0.489 e. The third-order valence-corrected chi connectivity index (χ3v) is 6.74. The molecule has 1 aliphatic carbocycles. The quantitative estimate of drug-likeness (QED) is 0.0534. The smallest absolute Gasteiger partial charge is 0.307 e. The van der Waals surface area contributed by atoms with Crippen LogP contribution in [0.4, 0.5) is 0 Å². The zero-order chi connectivity index (χ0) is 28.6. The number of hydrogen-bond acceptors (Lipinski definition) is 9. The summed E-state index contributed by atoms with van der Waals surface area (Å²) in [5.41, 5.74) is 2.41. The highest BCUT2D eigenvalue weighted by Gasteiger charge is 2.44. The molecular weight excluding hydrogens is 506 g/mol. The van der Waals surface area contributed by atoms with Crippen molar-refractivity contribution in [3.05, 3.63) is 51.6 Å². The Bertz CT molecular complexity index is 1030. The zero-order valence-corrected chi connectivity index (χ0v) is 22.9. The standard InChI is InChI=1S/C26H34O5.C3H5NO4/c1-4-5-8-18(2)22(27)15-13-19-14-16-23-25(19)21-11-6-9-20(26(21)31-23)10-7-12-24(28)30-17-29-3;5-2-1-3-8-4(6)7/h6,9,11,13,15,18-19,22-23,25,27H,7-8,10,12,14,16-17H2,1-3H3;2H,1,3H2/b15-13+;. The maximum absolute atomic E-state index is 11.7. The molecule has 0 spiro atoms. The fraction of sp³-hybridized carbons (Fsp3) is 0.586. The van der Waals surface area contributed by atoms with E-state index in [4.69, 9.17) is 14.2 Å². The first-order valence-corrected chi connectivity index (χ1v) is 13.2. The molecule has 0 radical (unpaired) electrons. The third kappa shape index (κ3) is 10.3. The summed E-state index contributed by atoms with van der Waals surface area (Å²) in [6.45, 7) is 3.71. The van der Waals surface area contributed by atoms with Gasteiger partial charge in [0.25, 0.3) is 5.09 Å². The number of carbonyl (C=O) groups is 2. The molecule has 1 aromatic rings. The van der Waals surface area contributed by atoms with Gasteiger partial charge in [-0.05, 0) is 50.0 Å². The predicted octanol–water partition coefficient (Wildman–Crippen LogP) is 4.16. The van der Waals surface area contributed by atoms with Crippen LogP contribution >= 0.6 is 0 Å². The van der Waals surface area contributed by atoms with Crippen molar-refractivity contribution in [1.82, 2.24) is 0 Å². The van der Waals surface area contributed by atoms with E-state index in [2.05, 4.69) is 41.0 Å². The van der Waals surface area contributed by atoms with Gasteiger partial charge in [0.05, 0.1) is 6.10 Å². The summed E-state index contributed by atoms with van der Waals surface area (Å²) in [7, 11) is 1.50. The summed E-state index contributed by atoms with van der Waals surface area (Å²) in [5, 5.41) is 18.9. The molecule has 1 aliphatic heterocycles. The number of allylic oxidation sites excluding steroid dienone is 1. The molecule has 39 heavy (non-hydrogen) atoms. The van der Waals surface area contributed by atoms with E-state index in [1.807, 2.05) is 19.9 Å². The summed E-state index contributed by atoms with van der Waals surface area (Å²) in [6, 6.07) is 6.34. The van der Waals surface area contributed by atoms with Crippen LogP contribution in [0.25, 0.3) is 0 Å². The molecule has 10 nitrogen and oxygen atoms in total. The summed E-state index contributed by atoms with van der Waals surface area (Å²) >= 11 is 0. The van der Waals surface area contributed by atoms with Gasteiger partial charge in [-0.2, -0.15) is 0 Å². The van der Waals surface area contributed by atoms with Gasteiger partial charge in [-0.1, -0.05) is 37.3 Å². The second kappa shape index (κ2) is 17.2. The molecule has 0 aromatic heterocycles. The van der Waals surface area contributed by atoms with Gasteiger partial charge in [0, 0.05) is 37.9 Å². The third-order valence-electron chi connectivity index (χ3n) is 6.74. The number of esters is 1. The van der Waals surface area contributed by atoms with E-state index in [-0.39, 0.29) is 37.8 Å². The van der Waals surface area contributed by atoms with Crippen molar-refractivity contribution in [2.24, 2.45) is 11.8 Å². The van der Waals surface area contributed by atoms with Crippen LogP contribution in [0.5, 0.6) is 5.75 Å². The number of aliphatic hydroxyl groups is 1. The maximum Gasteiger partial charge on any atom is 0.307 e. The van der Waals surface area contributed by atoms with Crippen molar-refractivity contribution in [3.63, 3.8) is 0 Å². The van der Waals surface area contributed by atoms with Gasteiger partial charge in [-0.15, -0.1) is 22.0 Å². The van der Waals surface area contributed by atoms with Crippen LogP contribution in [0.1, 0.15) is 69.4 Å². The van der Waals surface area contributed by atoms with Crippen molar-refractivity contribution in [1.29, 1.82) is 0 Å². The average molecular weight is 546 g/mol. The fourth-order valence-corrected chi connectivity index (χ4v) is 4.76. The van der Waals surface area contributed by atoms with Gasteiger partial charge in [0.2, 0.25) is 0 Å². The van der Waals surface area contributed by atoms with Gasteiger partial charge < -0.3 is 28.9 Å². The molecule has 1 fully saturated rings. The Morgan fingerprint density at radius 3 is 2.85 bits per heavy atom. The number of aldehydes is 1. The lowest BCUT2D eigenvalue weighted by Gasteiger charge is -2.17. The monoisotopic (exact) mass is 545 g/mol. The normalized spacial score (nSPS) is 20.3. The van der Waals surface area contributed by atoms with Crippen LogP contribution in [0.15, 0.2) is 30.4 Å². The van der Waals surface area contributed by atoms with Crippen LogP contribution < -0.4 is 4.74 Å². The Morgan fingerprint density at radius 1 is 1.36 bits per heavy atom. The Labute approximate surface area is 229 Å². The van der Waals surface area contributed by atoms with Crippen LogP contribution in [0.3, 0.4) is 0 Å². The lowest BCUT2D eigenvalue weighted by Crippen LogP contribution is -2.17. The highest BCUT2D eigenvalue weighted by atomic mass is 16.9. The lowest BCUT2D eigenvalue weighted by atomic mass is 9.86. The molecular formula is C29H39NO9. The summed E-state index contributed by atoms with van der Waals surface area (Å²) in [5.74, 6) is 7.51. The highest BCUT2D eigenvalue weighted by molar-refractivity contribution is 5.69. The SMILES string of the molecule is CC#CCC(C)C(O)/C=C/C1CCC2Oc3c(CCCC(=O)OCOC)cccc3C12.O=CCCO[N+](=O)[O-]. The molecule has 2 aliphatic rings. The fourth-order valence-electron chi connectivity index (χ4n) is 4.76. The topological polar surface area (TPSA) is 134 Å². The molecule has 0 amide bonds. The van der Waals surface area contributed by atoms with E-state index in [1.165, 1.54) is 12.7 Å². The second-order valence-electron chi connectivity index (χ2n) is 9.53. The van der Waals surface area contributed by atoms with Gasteiger partial charge in [0.1, 0.15) is 24.7 Å². The van der Waals surface area contributed by atoms with Crippen molar-refractivity contribution in [3.8, 4) is 17.6 Å². The minimum absolute atomic E-state index is 0.000422. The van der Waals surface area contributed by atoms with E-state index < -0.39 is 11.2 Å². The minimum atomic E-state index is -0.927. The van der Waals surface area contributed by atoms with E-state index >= 15 is 0 Å². The molecule has 1 heterocycles. The molecule has 0 bridgehead atoms. The van der Waals surface area contributed by atoms with Gasteiger partial charge >= 0.3 is 5.97 Å². The molecule has 1 aromatic carbocycles. The Kier molecular flexibility index (Phi) is 14.0. The number of hydrogen-bond donors (Lipinski definition) is 1. The van der Waals surface area contributed by atoms with Gasteiger partial charge in [-0.3, -0.25) is 4.79 Å². The molecule has 5 unspecified atom stereocenters.